The van der Waals surface area contributed by atoms with Gasteiger partial charge in [0.25, 0.3) is 0 Å². The second kappa shape index (κ2) is 5.35. The highest BCUT2D eigenvalue weighted by molar-refractivity contribution is 6.38. The van der Waals surface area contributed by atoms with Crippen LogP contribution < -0.4 is 0 Å². The van der Waals surface area contributed by atoms with Gasteiger partial charge in [0.2, 0.25) is 0 Å². The number of nitrogens with zero attached hydrogens (tertiary/aromatic N) is 3. The van der Waals surface area contributed by atoms with Crippen LogP contribution in [0.4, 0.5) is 0 Å². The van der Waals surface area contributed by atoms with Crippen molar-refractivity contribution in [2.75, 3.05) is 6.61 Å². The summed E-state index contributed by atoms with van der Waals surface area (Å²) < 4.78 is 6.70. The smallest absolute Gasteiger partial charge is 0.341 e. The molecule has 2 heterocycles. The number of carbonyl (C=O) groups is 1. The molecule has 6 heteroatoms. The average Bonchev–Trinajstić information content (AvgIpc) is 2.75. The maximum atomic E-state index is 11.7. The number of esters is 1. The van der Waals surface area contributed by atoms with Crippen molar-refractivity contribution in [3.05, 3.63) is 23.0 Å². The van der Waals surface area contributed by atoms with E-state index in [1.165, 1.54) is 6.20 Å². The topological polar surface area (TPSA) is 57.0 Å². The average molecular weight is 268 g/mol. The van der Waals surface area contributed by atoms with Crippen LogP contribution in [-0.2, 0) is 11.3 Å². The number of hydrogen-bond donors (Lipinski definition) is 0. The van der Waals surface area contributed by atoms with Crippen molar-refractivity contribution in [1.82, 2.24) is 14.8 Å². The Morgan fingerprint density at radius 1 is 1.44 bits per heavy atom. The number of ether oxygens (including phenoxy) is 1. The number of hydrogen-bond acceptors (Lipinski definition) is 4. The van der Waals surface area contributed by atoms with E-state index < -0.39 is 5.97 Å². The maximum Gasteiger partial charge on any atom is 0.341 e. The normalized spacial score (nSPS) is 10.8. The number of rotatable bonds is 4. The van der Waals surface area contributed by atoms with Crippen LogP contribution in [0.25, 0.3) is 11.0 Å². The number of halogens is 1. The summed E-state index contributed by atoms with van der Waals surface area (Å²) in [6.07, 6.45) is 4.02. The molecule has 0 radical (unpaired) electrons. The van der Waals surface area contributed by atoms with Gasteiger partial charge in [-0.05, 0) is 13.3 Å². The van der Waals surface area contributed by atoms with E-state index in [1.807, 2.05) is 0 Å². The molecule has 0 saturated carbocycles. The first-order chi connectivity index (χ1) is 8.69. The number of aryl methyl sites for hydroxylation is 1. The Labute approximate surface area is 110 Å². The third-order valence-corrected chi connectivity index (χ3v) is 2.94. The Bertz CT molecular complexity index is 580. The quantitative estimate of drug-likeness (QED) is 0.799. The summed E-state index contributed by atoms with van der Waals surface area (Å²) in [7, 11) is 0. The van der Waals surface area contributed by atoms with Crippen LogP contribution in [0.2, 0.25) is 5.02 Å². The highest BCUT2D eigenvalue weighted by atomic mass is 35.5. The van der Waals surface area contributed by atoms with Crippen molar-refractivity contribution in [1.29, 1.82) is 0 Å². The van der Waals surface area contributed by atoms with Crippen molar-refractivity contribution in [3.8, 4) is 0 Å². The van der Waals surface area contributed by atoms with Gasteiger partial charge >= 0.3 is 5.97 Å². The molecule has 2 rings (SSSR count). The summed E-state index contributed by atoms with van der Waals surface area (Å²) in [4.78, 5) is 15.9. The molecule has 0 unspecified atom stereocenters. The fraction of sp³-hybridized carbons (Fsp3) is 0.417. The van der Waals surface area contributed by atoms with Gasteiger partial charge in [0.1, 0.15) is 0 Å². The van der Waals surface area contributed by atoms with Gasteiger partial charge in [0, 0.05) is 12.7 Å². The minimum Gasteiger partial charge on any atom is -0.462 e. The van der Waals surface area contributed by atoms with Gasteiger partial charge < -0.3 is 4.74 Å². The van der Waals surface area contributed by atoms with Crippen molar-refractivity contribution >= 4 is 28.6 Å². The summed E-state index contributed by atoms with van der Waals surface area (Å²) >= 11 is 6.19. The molecule has 0 saturated heterocycles. The molecule has 96 valence electrons. The van der Waals surface area contributed by atoms with Gasteiger partial charge in [-0.1, -0.05) is 18.5 Å². The highest BCUT2D eigenvalue weighted by Crippen LogP contribution is 2.26. The predicted molar refractivity (Wildman–Crippen MR) is 68.8 cm³/mol. The van der Waals surface area contributed by atoms with Gasteiger partial charge in [-0.15, -0.1) is 0 Å². The van der Waals surface area contributed by atoms with Crippen molar-refractivity contribution in [2.24, 2.45) is 0 Å². The molecule has 18 heavy (non-hydrogen) atoms. The van der Waals surface area contributed by atoms with Crippen molar-refractivity contribution in [3.63, 3.8) is 0 Å². The molecule has 0 aliphatic heterocycles. The molecule has 0 fully saturated rings. The second-order valence-electron chi connectivity index (χ2n) is 3.81. The minimum atomic E-state index is -0.458. The monoisotopic (exact) mass is 267 g/mol. The second-order valence-corrected chi connectivity index (χ2v) is 4.19. The van der Waals surface area contributed by atoms with Crippen LogP contribution >= 0.6 is 11.6 Å². The van der Waals surface area contributed by atoms with Gasteiger partial charge in [-0.25, -0.2) is 14.5 Å². The van der Waals surface area contributed by atoms with Gasteiger partial charge in [0.15, 0.2) is 5.65 Å². The van der Waals surface area contributed by atoms with Crippen LogP contribution in [0.15, 0.2) is 12.4 Å². The van der Waals surface area contributed by atoms with E-state index in [9.17, 15) is 4.79 Å². The summed E-state index contributed by atoms with van der Waals surface area (Å²) in [5.74, 6) is -0.458. The summed E-state index contributed by atoms with van der Waals surface area (Å²) in [5, 5.41) is 5.23. The number of fused-ring (bicyclic) bond motifs is 1. The van der Waals surface area contributed by atoms with Crippen molar-refractivity contribution < 1.29 is 9.53 Å². The van der Waals surface area contributed by atoms with E-state index in [0.29, 0.717) is 22.7 Å². The van der Waals surface area contributed by atoms with Crippen LogP contribution in [0.3, 0.4) is 0 Å². The minimum absolute atomic E-state index is 0.280. The lowest BCUT2D eigenvalue weighted by molar-refractivity contribution is 0.0526. The zero-order chi connectivity index (χ0) is 13.1. The number of carbonyl (C=O) groups excluding carboxylic acids is 1. The molecule has 0 N–H and O–H groups in total. The first kappa shape index (κ1) is 12.8. The Hall–Kier alpha value is -1.62. The van der Waals surface area contributed by atoms with E-state index >= 15 is 0 Å². The molecule has 0 aliphatic carbocycles. The molecule has 0 aliphatic rings. The van der Waals surface area contributed by atoms with Gasteiger partial charge in [0.05, 0.1) is 28.8 Å². The molecule has 0 spiro atoms. The third kappa shape index (κ3) is 2.18. The van der Waals surface area contributed by atoms with Crippen LogP contribution in [0.5, 0.6) is 0 Å². The maximum absolute atomic E-state index is 11.7. The summed E-state index contributed by atoms with van der Waals surface area (Å²) in [6, 6.07) is 0. The Balaban J connectivity index is 2.48. The Kier molecular flexibility index (Phi) is 3.81. The molecule has 2 aromatic rings. The third-order valence-electron chi connectivity index (χ3n) is 2.53. The van der Waals surface area contributed by atoms with Gasteiger partial charge in [-0.3, -0.25) is 0 Å². The Morgan fingerprint density at radius 2 is 2.22 bits per heavy atom. The molecule has 0 bridgehead atoms. The lowest BCUT2D eigenvalue weighted by Crippen LogP contribution is -2.07. The zero-order valence-electron chi connectivity index (χ0n) is 10.3. The molecular formula is C12H14ClN3O2. The molecule has 5 nitrogen and oxygen atoms in total. The van der Waals surface area contributed by atoms with E-state index in [0.717, 1.165) is 13.0 Å². The number of pyridine rings is 1. The Morgan fingerprint density at radius 3 is 2.89 bits per heavy atom. The largest absolute Gasteiger partial charge is 0.462 e. The van der Waals surface area contributed by atoms with Crippen LogP contribution in [0.1, 0.15) is 30.6 Å². The summed E-state index contributed by atoms with van der Waals surface area (Å²) in [5.41, 5.74) is 0.969. The van der Waals surface area contributed by atoms with E-state index in [1.54, 1.807) is 17.8 Å². The summed E-state index contributed by atoms with van der Waals surface area (Å²) in [6.45, 7) is 4.88. The highest BCUT2D eigenvalue weighted by Gasteiger charge is 2.17. The first-order valence-electron chi connectivity index (χ1n) is 5.86. The van der Waals surface area contributed by atoms with E-state index in [4.69, 9.17) is 16.3 Å². The standard InChI is InChI=1S/C12H14ClN3O2/c1-3-5-16-11-8(7-15-16)10(13)9(6-14-11)12(17)18-4-2/h6-7H,3-5H2,1-2H3. The SMILES string of the molecule is CCCn1ncc2c(Cl)c(C(=O)OCC)cnc21. The van der Waals surface area contributed by atoms with Crippen LogP contribution in [0, 0.1) is 0 Å². The molecule has 2 aromatic heterocycles. The van der Waals surface area contributed by atoms with E-state index in [-0.39, 0.29) is 5.56 Å². The number of aromatic nitrogens is 3. The van der Waals surface area contributed by atoms with E-state index in [2.05, 4.69) is 17.0 Å². The predicted octanol–water partition coefficient (Wildman–Crippen LogP) is 2.67. The van der Waals surface area contributed by atoms with Gasteiger partial charge in [-0.2, -0.15) is 5.10 Å². The first-order valence-corrected chi connectivity index (χ1v) is 6.24. The zero-order valence-corrected chi connectivity index (χ0v) is 11.1. The fourth-order valence-electron chi connectivity index (χ4n) is 1.72. The van der Waals surface area contributed by atoms with Crippen molar-refractivity contribution in [2.45, 2.75) is 26.8 Å². The van der Waals surface area contributed by atoms with Crippen LogP contribution in [-0.4, -0.2) is 27.3 Å². The lowest BCUT2D eigenvalue weighted by atomic mass is 10.2. The molecule has 0 atom stereocenters. The lowest BCUT2D eigenvalue weighted by Gasteiger charge is -2.05. The molecule has 0 amide bonds. The molecular weight excluding hydrogens is 254 g/mol. The fourth-order valence-corrected chi connectivity index (χ4v) is 1.98. The molecule has 0 aromatic carbocycles.